The van der Waals surface area contributed by atoms with Gasteiger partial charge in [-0.1, -0.05) is 0 Å². The van der Waals surface area contributed by atoms with E-state index in [9.17, 15) is 4.79 Å². The zero-order valence-corrected chi connectivity index (χ0v) is 16.4. The van der Waals surface area contributed by atoms with E-state index in [4.69, 9.17) is 4.74 Å². The molecule has 148 valence electrons. The molecule has 1 aromatic rings. The van der Waals surface area contributed by atoms with Crippen LogP contribution in [0.15, 0.2) is 6.33 Å². The third-order valence-corrected chi connectivity index (χ3v) is 6.04. The largest absolute Gasteiger partial charge is 0.378 e. The van der Waals surface area contributed by atoms with Gasteiger partial charge in [-0.2, -0.15) is 0 Å². The highest BCUT2D eigenvalue weighted by Gasteiger charge is 2.30. The molecule has 0 spiro atoms. The van der Waals surface area contributed by atoms with Gasteiger partial charge in [-0.25, -0.2) is 9.97 Å². The van der Waals surface area contributed by atoms with Crippen molar-refractivity contribution in [3.63, 3.8) is 0 Å². The second-order valence-corrected chi connectivity index (χ2v) is 7.89. The summed E-state index contributed by atoms with van der Waals surface area (Å²) in [6, 6.07) is 0.298. The summed E-state index contributed by atoms with van der Waals surface area (Å²) in [5.74, 6) is 1.27. The van der Waals surface area contributed by atoms with Crippen LogP contribution in [-0.4, -0.2) is 103 Å². The lowest BCUT2D eigenvalue weighted by molar-refractivity contribution is -0.134. The smallest absolute Gasteiger partial charge is 0.224 e. The molecule has 27 heavy (non-hydrogen) atoms. The van der Waals surface area contributed by atoms with Gasteiger partial charge in [-0.3, -0.25) is 4.79 Å². The lowest BCUT2D eigenvalue weighted by atomic mass is 10.0. The maximum atomic E-state index is 12.9. The van der Waals surface area contributed by atoms with Crippen LogP contribution in [-0.2, 0) is 22.5 Å². The number of hydrogen-bond acceptors (Lipinski definition) is 7. The van der Waals surface area contributed by atoms with Crippen molar-refractivity contribution in [2.45, 2.75) is 25.4 Å². The predicted molar refractivity (Wildman–Crippen MR) is 103 cm³/mol. The number of likely N-dealkylation sites (N-methyl/N-ethyl adjacent to an activating group) is 2. The highest BCUT2D eigenvalue weighted by Crippen LogP contribution is 2.26. The molecular weight excluding hydrogens is 344 g/mol. The number of ether oxygens (including phenoxy) is 1. The van der Waals surface area contributed by atoms with E-state index >= 15 is 0 Å². The molecule has 0 aliphatic carbocycles. The average molecular weight is 374 g/mol. The van der Waals surface area contributed by atoms with E-state index in [1.165, 1.54) is 5.56 Å². The fourth-order valence-electron chi connectivity index (χ4n) is 4.25. The molecule has 1 aromatic heterocycles. The second-order valence-electron chi connectivity index (χ2n) is 7.89. The maximum absolute atomic E-state index is 12.9. The summed E-state index contributed by atoms with van der Waals surface area (Å²) in [5.41, 5.74) is 2.21. The van der Waals surface area contributed by atoms with Crippen LogP contribution in [0.4, 0.5) is 5.82 Å². The third-order valence-electron chi connectivity index (χ3n) is 6.04. The normalized spacial score (nSPS) is 24.7. The molecule has 8 nitrogen and oxygen atoms in total. The summed E-state index contributed by atoms with van der Waals surface area (Å²) in [5, 5.41) is 0. The predicted octanol–water partition coefficient (Wildman–Crippen LogP) is -0.166. The van der Waals surface area contributed by atoms with Crippen LogP contribution in [0.5, 0.6) is 0 Å². The van der Waals surface area contributed by atoms with E-state index in [-0.39, 0.29) is 5.91 Å². The molecule has 0 unspecified atom stereocenters. The van der Waals surface area contributed by atoms with E-state index in [0.717, 1.165) is 70.4 Å². The van der Waals surface area contributed by atoms with E-state index in [1.54, 1.807) is 6.33 Å². The van der Waals surface area contributed by atoms with Crippen LogP contribution >= 0.6 is 0 Å². The molecule has 3 aliphatic rings. The zero-order chi connectivity index (χ0) is 18.8. The van der Waals surface area contributed by atoms with Crippen molar-refractivity contribution in [3.8, 4) is 0 Å². The molecule has 0 bridgehead atoms. The van der Waals surface area contributed by atoms with E-state index < -0.39 is 0 Å². The number of fused-ring (bicyclic) bond motifs is 1. The molecule has 8 heteroatoms. The quantitative estimate of drug-likeness (QED) is 0.728. The zero-order valence-electron chi connectivity index (χ0n) is 16.4. The number of nitrogens with zero attached hydrogens (tertiary/aromatic N) is 6. The Hall–Kier alpha value is -1.77. The molecule has 1 atom stereocenters. The van der Waals surface area contributed by atoms with Gasteiger partial charge >= 0.3 is 0 Å². The molecule has 0 radical (unpaired) electrons. The molecule has 0 aromatic carbocycles. The first-order valence-corrected chi connectivity index (χ1v) is 9.94. The SMILES string of the molecule is CN1CCN(C)[C@H](CC(=O)N2CCc3c(ncnc3N3CCOCC3)C2)C1. The minimum atomic E-state index is 0.235. The third kappa shape index (κ3) is 4.07. The Morgan fingerprint density at radius 1 is 1.15 bits per heavy atom. The van der Waals surface area contributed by atoms with Crippen LogP contribution < -0.4 is 4.90 Å². The number of anilines is 1. The summed E-state index contributed by atoms with van der Waals surface area (Å²) in [4.78, 5) is 30.8. The number of piperazine rings is 1. The fraction of sp³-hybridized carbons (Fsp3) is 0.737. The van der Waals surface area contributed by atoms with Crippen molar-refractivity contribution in [2.24, 2.45) is 0 Å². The van der Waals surface area contributed by atoms with Crippen LogP contribution in [0.25, 0.3) is 0 Å². The van der Waals surface area contributed by atoms with Gasteiger partial charge in [0.05, 0.1) is 25.5 Å². The molecule has 3 aliphatic heterocycles. The van der Waals surface area contributed by atoms with Crippen molar-refractivity contribution in [1.82, 2.24) is 24.7 Å². The van der Waals surface area contributed by atoms with E-state index in [1.807, 2.05) is 4.90 Å². The number of aromatic nitrogens is 2. The van der Waals surface area contributed by atoms with Gasteiger partial charge in [-0.05, 0) is 20.5 Å². The summed E-state index contributed by atoms with van der Waals surface area (Å²) in [6.45, 7) is 7.62. The van der Waals surface area contributed by atoms with Gasteiger partial charge in [0.25, 0.3) is 0 Å². The number of amides is 1. The number of morpholine rings is 1. The minimum Gasteiger partial charge on any atom is -0.378 e. The topological polar surface area (TPSA) is 65.0 Å². The van der Waals surface area contributed by atoms with Gasteiger partial charge in [0.15, 0.2) is 0 Å². The number of carbonyl (C=O) groups excluding carboxylic acids is 1. The molecule has 1 amide bonds. The average Bonchev–Trinajstić information content (AvgIpc) is 2.70. The monoisotopic (exact) mass is 374 g/mol. The first-order chi connectivity index (χ1) is 13.1. The highest BCUT2D eigenvalue weighted by atomic mass is 16.5. The highest BCUT2D eigenvalue weighted by molar-refractivity contribution is 5.77. The molecule has 0 saturated carbocycles. The van der Waals surface area contributed by atoms with Gasteiger partial charge in [-0.15, -0.1) is 0 Å². The Morgan fingerprint density at radius 3 is 2.78 bits per heavy atom. The fourth-order valence-corrected chi connectivity index (χ4v) is 4.25. The molecule has 2 saturated heterocycles. The van der Waals surface area contributed by atoms with Crippen LogP contribution in [0.3, 0.4) is 0 Å². The Balaban J connectivity index is 1.43. The Morgan fingerprint density at radius 2 is 1.96 bits per heavy atom. The second kappa shape index (κ2) is 8.08. The number of hydrogen-bond donors (Lipinski definition) is 0. The first-order valence-electron chi connectivity index (χ1n) is 9.94. The van der Waals surface area contributed by atoms with E-state index in [2.05, 4.69) is 38.8 Å². The Labute approximate surface area is 161 Å². The summed E-state index contributed by atoms with van der Waals surface area (Å²) < 4.78 is 5.46. The summed E-state index contributed by atoms with van der Waals surface area (Å²) in [6.07, 6.45) is 3.05. The van der Waals surface area contributed by atoms with Gasteiger partial charge < -0.3 is 24.3 Å². The molecule has 2 fully saturated rings. The molecular formula is C19H30N6O2. The van der Waals surface area contributed by atoms with Crippen molar-refractivity contribution >= 4 is 11.7 Å². The van der Waals surface area contributed by atoms with Crippen molar-refractivity contribution in [3.05, 3.63) is 17.6 Å². The van der Waals surface area contributed by atoms with Gasteiger partial charge in [0.1, 0.15) is 12.1 Å². The Kier molecular flexibility index (Phi) is 5.56. The summed E-state index contributed by atoms with van der Waals surface area (Å²) >= 11 is 0. The van der Waals surface area contributed by atoms with Gasteiger partial charge in [0.2, 0.25) is 5.91 Å². The molecule has 0 N–H and O–H groups in total. The number of rotatable bonds is 3. The lowest BCUT2D eigenvalue weighted by Crippen LogP contribution is -2.52. The minimum absolute atomic E-state index is 0.235. The van der Waals surface area contributed by atoms with Crippen molar-refractivity contribution < 1.29 is 9.53 Å². The van der Waals surface area contributed by atoms with Crippen molar-refractivity contribution in [1.29, 1.82) is 0 Å². The number of carbonyl (C=O) groups is 1. The standard InChI is InChI=1S/C19H30N6O2/c1-22-5-6-23(2)15(12-22)11-18(26)25-4-3-16-17(13-25)20-14-21-19(16)24-7-9-27-10-8-24/h14-15H,3-13H2,1-2H3/t15-/m1/s1. The van der Waals surface area contributed by atoms with E-state index in [0.29, 0.717) is 19.0 Å². The van der Waals surface area contributed by atoms with Crippen molar-refractivity contribution in [2.75, 3.05) is 71.5 Å². The van der Waals surface area contributed by atoms with Crippen LogP contribution in [0.2, 0.25) is 0 Å². The molecule has 4 rings (SSSR count). The first kappa shape index (κ1) is 18.6. The van der Waals surface area contributed by atoms with Gasteiger partial charge in [0, 0.05) is 57.3 Å². The van der Waals surface area contributed by atoms with Crippen LogP contribution in [0.1, 0.15) is 17.7 Å². The lowest BCUT2D eigenvalue weighted by Gasteiger charge is -2.39. The maximum Gasteiger partial charge on any atom is 0.224 e. The summed E-state index contributed by atoms with van der Waals surface area (Å²) in [7, 11) is 4.25. The van der Waals surface area contributed by atoms with Crippen LogP contribution in [0, 0.1) is 0 Å². The Bertz CT molecular complexity index is 678. The molecule has 4 heterocycles.